The summed E-state index contributed by atoms with van der Waals surface area (Å²) in [6, 6.07) is 7.72. The molecule has 22 heavy (non-hydrogen) atoms. The van der Waals surface area contributed by atoms with Gasteiger partial charge in [-0.25, -0.2) is 0 Å². The average Bonchev–Trinajstić information content (AvgIpc) is 3.10. The molecule has 1 aromatic carbocycles. The summed E-state index contributed by atoms with van der Waals surface area (Å²) in [5.74, 6) is -0.144. The zero-order chi connectivity index (χ0) is 15.5. The van der Waals surface area contributed by atoms with Crippen LogP contribution in [0.25, 0.3) is 10.9 Å². The lowest BCUT2D eigenvalue weighted by Gasteiger charge is -2.06. The van der Waals surface area contributed by atoms with Gasteiger partial charge in [0.1, 0.15) is 0 Å². The molecule has 0 aliphatic carbocycles. The van der Waals surface area contributed by atoms with Crippen molar-refractivity contribution < 1.29 is 9.53 Å². The van der Waals surface area contributed by atoms with Gasteiger partial charge in [-0.05, 0) is 23.6 Å². The van der Waals surface area contributed by atoms with Crippen molar-refractivity contribution in [3.63, 3.8) is 0 Å². The average molecular weight is 298 g/mol. The standard InChI is InChI=1S/C16H18N4O2/c1-19-11-14(10-17-19)18-16(21)13-4-3-12-5-6-20(7-8-22-2)15(12)9-13/h3-6,9-11H,7-8H2,1-2H3,(H,18,21). The van der Waals surface area contributed by atoms with Gasteiger partial charge in [-0.3, -0.25) is 9.48 Å². The molecule has 0 radical (unpaired) electrons. The summed E-state index contributed by atoms with van der Waals surface area (Å²) < 4.78 is 8.84. The van der Waals surface area contributed by atoms with Crippen LogP contribution in [0.15, 0.2) is 42.9 Å². The highest BCUT2D eigenvalue weighted by molar-refractivity contribution is 6.06. The van der Waals surface area contributed by atoms with E-state index in [0.29, 0.717) is 17.9 Å². The molecule has 2 aromatic heterocycles. The minimum atomic E-state index is -0.144. The molecular formula is C16H18N4O2. The normalized spacial score (nSPS) is 11.0. The van der Waals surface area contributed by atoms with E-state index in [4.69, 9.17) is 4.74 Å². The van der Waals surface area contributed by atoms with Crippen molar-refractivity contribution in [1.82, 2.24) is 14.3 Å². The number of hydrogen-bond donors (Lipinski definition) is 1. The molecular weight excluding hydrogens is 280 g/mol. The van der Waals surface area contributed by atoms with Crippen molar-refractivity contribution in [2.75, 3.05) is 19.0 Å². The van der Waals surface area contributed by atoms with E-state index in [1.807, 2.05) is 37.5 Å². The molecule has 0 saturated carbocycles. The second-order valence-electron chi connectivity index (χ2n) is 5.13. The Morgan fingerprint density at radius 1 is 1.36 bits per heavy atom. The van der Waals surface area contributed by atoms with Crippen LogP contribution in [0.1, 0.15) is 10.4 Å². The number of anilines is 1. The van der Waals surface area contributed by atoms with Gasteiger partial charge in [0.05, 0.1) is 18.5 Å². The molecule has 1 amide bonds. The number of hydrogen-bond acceptors (Lipinski definition) is 3. The van der Waals surface area contributed by atoms with Gasteiger partial charge in [0, 0.05) is 44.2 Å². The van der Waals surface area contributed by atoms with Crippen LogP contribution < -0.4 is 5.32 Å². The predicted molar refractivity (Wildman–Crippen MR) is 85.0 cm³/mol. The fraction of sp³-hybridized carbons (Fsp3) is 0.250. The van der Waals surface area contributed by atoms with Crippen LogP contribution in [0.3, 0.4) is 0 Å². The van der Waals surface area contributed by atoms with Crippen LogP contribution in [-0.2, 0) is 18.3 Å². The molecule has 6 nitrogen and oxygen atoms in total. The summed E-state index contributed by atoms with van der Waals surface area (Å²) in [5.41, 5.74) is 2.33. The predicted octanol–water partition coefficient (Wildman–Crippen LogP) is 2.27. The highest BCUT2D eigenvalue weighted by atomic mass is 16.5. The Morgan fingerprint density at radius 2 is 2.23 bits per heavy atom. The third kappa shape index (κ3) is 2.87. The van der Waals surface area contributed by atoms with Gasteiger partial charge < -0.3 is 14.6 Å². The Balaban J connectivity index is 1.85. The van der Waals surface area contributed by atoms with Gasteiger partial charge in [0.15, 0.2) is 0 Å². The van der Waals surface area contributed by atoms with Crippen molar-refractivity contribution in [3.05, 3.63) is 48.4 Å². The van der Waals surface area contributed by atoms with Crippen LogP contribution in [0, 0.1) is 0 Å². The number of fused-ring (bicyclic) bond motifs is 1. The van der Waals surface area contributed by atoms with E-state index in [9.17, 15) is 4.79 Å². The van der Waals surface area contributed by atoms with Crippen LogP contribution >= 0.6 is 0 Å². The van der Waals surface area contributed by atoms with Crippen molar-refractivity contribution in [2.24, 2.45) is 7.05 Å². The lowest BCUT2D eigenvalue weighted by Crippen LogP contribution is -2.11. The number of nitrogens with zero attached hydrogens (tertiary/aromatic N) is 3. The number of benzene rings is 1. The Bertz CT molecular complexity index is 803. The molecule has 3 rings (SSSR count). The van der Waals surface area contributed by atoms with Gasteiger partial charge >= 0.3 is 0 Å². The molecule has 1 N–H and O–H groups in total. The highest BCUT2D eigenvalue weighted by Gasteiger charge is 2.10. The summed E-state index contributed by atoms with van der Waals surface area (Å²) in [6.45, 7) is 1.39. The monoisotopic (exact) mass is 298 g/mol. The molecule has 0 aliphatic rings. The van der Waals surface area contributed by atoms with Crippen molar-refractivity contribution in [2.45, 2.75) is 6.54 Å². The third-order valence-electron chi connectivity index (χ3n) is 3.54. The largest absolute Gasteiger partial charge is 0.383 e. The number of nitrogens with one attached hydrogen (secondary N) is 1. The zero-order valence-corrected chi connectivity index (χ0v) is 12.6. The molecule has 0 atom stereocenters. The Kier molecular flexibility index (Phi) is 3.93. The smallest absolute Gasteiger partial charge is 0.255 e. The number of ether oxygens (including phenoxy) is 1. The first-order chi connectivity index (χ1) is 10.7. The number of rotatable bonds is 5. The fourth-order valence-electron chi connectivity index (χ4n) is 2.40. The Labute approximate surface area is 128 Å². The van der Waals surface area contributed by atoms with Crippen molar-refractivity contribution in [3.8, 4) is 0 Å². The first kappa shape index (κ1) is 14.3. The third-order valence-corrected chi connectivity index (χ3v) is 3.54. The zero-order valence-electron chi connectivity index (χ0n) is 12.6. The molecule has 3 aromatic rings. The SMILES string of the molecule is COCCn1ccc2ccc(C(=O)Nc3cnn(C)c3)cc21. The fourth-order valence-corrected chi connectivity index (χ4v) is 2.40. The van der Waals surface area contributed by atoms with E-state index in [1.165, 1.54) is 0 Å². The second kappa shape index (κ2) is 6.03. The maximum atomic E-state index is 12.3. The van der Waals surface area contributed by atoms with E-state index in [1.54, 1.807) is 24.2 Å². The van der Waals surface area contributed by atoms with E-state index >= 15 is 0 Å². The van der Waals surface area contributed by atoms with Crippen molar-refractivity contribution in [1.29, 1.82) is 0 Å². The van der Waals surface area contributed by atoms with Crippen molar-refractivity contribution >= 4 is 22.5 Å². The number of aryl methyl sites for hydroxylation is 1. The van der Waals surface area contributed by atoms with Gasteiger partial charge in [-0.15, -0.1) is 0 Å². The lowest BCUT2D eigenvalue weighted by atomic mass is 10.1. The number of aromatic nitrogens is 3. The van der Waals surface area contributed by atoms with Crippen LogP contribution in [0.4, 0.5) is 5.69 Å². The summed E-state index contributed by atoms with van der Waals surface area (Å²) >= 11 is 0. The van der Waals surface area contributed by atoms with E-state index in [-0.39, 0.29) is 5.91 Å². The van der Waals surface area contributed by atoms with Crippen LogP contribution in [0.5, 0.6) is 0 Å². The number of amides is 1. The number of carbonyl (C=O) groups excluding carboxylic acids is 1. The van der Waals surface area contributed by atoms with Gasteiger partial charge in [0.25, 0.3) is 5.91 Å². The summed E-state index contributed by atoms with van der Waals surface area (Å²) in [4.78, 5) is 12.3. The minimum absolute atomic E-state index is 0.144. The van der Waals surface area contributed by atoms with E-state index < -0.39 is 0 Å². The molecule has 0 aliphatic heterocycles. The Hall–Kier alpha value is -2.60. The summed E-state index contributed by atoms with van der Waals surface area (Å²) in [7, 11) is 3.49. The lowest BCUT2D eigenvalue weighted by molar-refractivity contribution is 0.102. The second-order valence-corrected chi connectivity index (χ2v) is 5.13. The van der Waals surface area contributed by atoms with Gasteiger partial charge in [-0.2, -0.15) is 5.10 Å². The molecule has 0 fully saturated rings. The molecule has 0 bridgehead atoms. The summed E-state index contributed by atoms with van der Waals surface area (Å²) in [5, 5.41) is 7.98. The minimum Gasteiger partial charge on any atom is -0.383 e. The Morgan fingerprint density at radius 3 is 2.95 bits per heavy atom. The number of methoxy groups -OCH3 is 1. The molecule has 0 unspecified atom stereocenters. The topological polar surface area (TPSA) is 61.1 Å². The molecule has 0 spiro atoms. The van der Waals surface area contributed by atoms with E-state index in [2.05, 4.69) is 15.0 Å². The maximum absolute atomic E-state index is 12.3. The van der Waals surface area contributed by atoms with Crippen LogP contribution in [0.2, 0.25) is 0 Å². The summed E-state index contributed by atoms with van der Waals surface area (Å²) in [6.07, 6.45) is 5.39. The number of carbonyl (C=O) groups is 1. The molecule has 114 valence electrons. The van der Waals surface area contributed by atoms with E-state index in [0.717, 1.165) is 17.4 Å². The van der Waals surface area contributed by atoms with Gasteiger partial charge in [-0.1, -0.05) is 6.07 Å². The molecule has 0 saturated heterocycles. The quantitative estimate of drug-likeness (QED) is 0.786. The van der Waals surface area contributed by atoms with Crippen LogP contribution in [-0.4, -0.2) is 34.0 Å². The molecule has 6 heteroatoms. The first-order valence-electron chi connectivity index (χ1n) is 7.05. The first-order valence-corrected chi connectivity index (χ1v) is 7.05. The maximum Gasteiger partial charge on any atom is 0.255 e. The highest BCUT2D eigenvalue weighted by Crippen LogP contribution is 2.18. The molecule has 2 heterocycles. The van der Waals surface area contributed by atoms with Gasteiger partial charge in [0.2, 0.25) is 0 Å².